The third kappa shape index (κ3) is 4.31. The predicted molar refractivity (Wildman–Crippen MR) is 70.4 cm³/mol. The van der Waals surface area contributed by atoms with Crippen LogP contribution in [0.5, 0.6) is 0 Å². The molecular formula is C9H11BrFN3O3S. The summed E-state index contributed by atoms with van der Waals surface area (Å²) in [6.07, 6.45) is 0.454. The van der Waals surface area contributed by atoms with E-state index in [-0.39, 0.29) is 12.4 Å². The molecule has 18 heavy (non-hydrogen) atoms. The van der Waals surface area contributed by atoms with Crippen molar-refractivity contribution < 1.29 is 17.6 Å². The van der Waals surface area contributed by atoms with E-state index in [1.807, 2.05) is 0 Å². The van der Waals surface area contributed by atoms with Gasteiger partial charge in [-0.3, -0.25) is 4.18 Å². The number of aromatic nitrogens is 1. The maximum Gasteiger partial charge on any atom is 0.338 e. The van der Waals surface area contributed by atoms with Crippen LogP contribution in [0.25, 0.3) is 0 Å². The Kier molecular flexibility index (Phi) is 6.16. The van der Waals surface area contributed by atoms with Gasteiger partial charge in [0.15, 0.2) is 6.10 Å². The van der Waals surface area contributed by atoms with Crippen molar-refractivity contribution in [1.82, 2.24) is 4.98 Å². The van der Waals surface area contributed by atoms with E-state index < -0.39 is 24.5 Å². The number of halogens is 2. The third-order valence-corrected chi connectivity index (χ3v) is 2.72. The first-order valence-electron chi connectivity index (χ1n) is 4.75. The summed E-state index contributed by atoms with van der Waals surface area (Å²) in [7, 11) is 1.19. The Hall–Kier alpha value is -1.06. The Morgan fingerprint density at radius 2 is 2.50 bits per heavy atom. The Morgan fingerprint density at radius 3 is 3.11 bits per heavy atom. The summed E-state index contributed by atoms with van der Waals surface area (Å²) in [4.78, 5) is 15.2. The second kappa shape index (κ2) is 7.39. The van der Waals surface area contributed by atoms with Gasteiger partial charge in [0.2, 0.25) is 12.4 Å². The number of rotatable bonds is 6. The molecule has 0 bridgehead atoms. The number of methoxy groups -OCH3 is 1. The van der Waals surface area contributed by atoms with E-state index in [9.17, 15) is 8.68 Å². The van der Waals surface area contributed by atoms with Gasteiger partial charge in [-0.25, -0.2) is 9.78 Å². The summed E-state index contributed by atoms with van der Waals surface area (Å²) in [5.41, 5.74) is 6.13. The monoisotopic (exact) mass is 339 g/mol. The summed E-state index contributed by atoms with van der Waals surface area (Å²) in [6.45, 7) is 0.00588. The number of pyridine rings is 1. The number of carbonyl (C=O) groups is 1. The summed E-state index contributed by atoms with van der Waals surface area (Å²) in [5, 5.41) is 2.83. The van der Waals surface area contributed by atoms with Crippen LogP contribution < -0.4 is 11.1 Å². The second-order valence-electron chi connectivity index (χ2n) is 3.14. The van der Waals surface area contributed by atoms with Gasteiger partial charge in [0.1, 0.15) is 5.82 Å². The van der Waals surface area contributed by atoms with Gasteiger partial charge in [0, 0.05) is 10.7 Å². The molecule has 6 nitrogen and oxygen atoms in total. The smallest absolute Gasteiger partial charge is 0.338 e. The Labute approximate surface area is 116 Å². The number of hydrogen-bond donors (Lipinski definition) is 2. The number of esters is 1. The minimum atomic E-state index is -1.08. The molecule has 0 radical (unpaired) electrons. The molecule has 0 aliphatic rings. The Bertz CT molecular complexity index is 424. The van der Waals surface area contributed by atoms with E-state index in [4.69, 9.17) is 5.73 Å². The van der Waals surface area contributed by atoms with Crippen LogP contribution in [0.4, 0.5) is 15.4 Å². The van der Waals surface area contributed by atoms with Crippen LogP contribution in [0.1, 0.15) is 0 Å². The second-order valence-corrected chi connectivity index (χ2v) is 4.37. The molecule has 100 valence electrons. The molecule has 0 saturated carbocycles. The van der Waals surface area contributed by atoms with Crippen LogP contribution in [-0.2, 0) is 13.7 Å². The molecule has 0 spiro atoms. The van der Waals surface area contributed by atoms with Crippen LogP contribution in [0.2, 0.25) is 0 Å². The average molecular weight is 340 g/mol. The molecule has 0 fully saturated rings. The summed E-state index contributed by atoms with van der Waals surface area (Å²) in [5.74, 6) is -0.427. The van der Waals surface area contributed by atoms with Crippen molar-refractivity contribution in [2.75, 3.05) is 24.7 Å². The van der Waals surface area contributed by atoms with Gasteiger partial charge in [-0.15, -0.1) is 3.89 Å². The zero-order chi connectivity index (χ0) is 13.5. The number of carbonyl (C=O) groups excluding carboxylic acids is 1. The first kappa shape index (κ1) is 15.0. The van der Waals surface area contributed by atoms with Gasteiger partial charge in [0.25, 0.3) is 0 Å². The molecule has 1 aromatic rings. The lowest BCUT2D eigenvalue weighted by atomic mass is 10.3. The lowest BCUT2D eigenvalue weighted by molar-refractivity contribution is -0.147. The third-order valence-electron chi connectivity index (χ3n) is 1.98. The van der Waals surface area contributed by atoms with Crippen LogP contribution in [0, 0.1) is 0 Å². The normalized spacial score (nSPS) is 11.9. The van der Waals surface area contributed by atoms with Crippen molar-refractivity contribution in [3.8, 4) is 0 Å². The minimum Gasteiger partial charge on any atom is -0.467 e. The van der Waals surface area contributed by atoms with Gasteiger partial charge in [0.05, 0.1) is 19.3 Å². The van der Waals surface area contributed by atoms with Gasteiger partial charge in [-0.05, 0) is 22.0 Å². The molecule has 1 rings (SSSR count). The standard InChI is InChI=1S/C9H11BrFN3O3S/c1-16-9(15)7(17-18-11)4-13-6-2-5(10)3-14-8(6)12/h2-3,7,13H,4H2,1H3,(H2,12,14). The van der Waals surface area contributed by atoms with E-state index in [1.54, 1.807) is 6.07 Å². The van der Waals surface area contributed by atoms with Crippen molar-refractivity contribution in [1.29, 1.82) is 0 Å². The quantitative estimate of drug-likeness (QED) is 0.604. The molecular weight excluding hydrogens is 329 g/mol. The van der Waals surface area contributed by atoms with Crippen molar-refractivity contribution in [2.45, 2.75) is 6.10 Å². The largest absolute Gasteiger partial charge is 0.467 e. The molecule has 0 aromatic carbocycles. The molecule has 1 heterocycles. The lowest BCUT2D eigenvalue weighted by Crippen LogP contribution is -2.31. The molecule has 9 heteroatoms. The van der Waals surface area contributed by atoms with Crippen LogP contribution in [0.15, 0.2) is 16.7 Å². The first-order chi connectivity index (χ1) is 8.58. The van der Waals surface area contributed by atoms with E-state index in [0.717, 1.165) is 4.47 Å². The molecule has 0 aliphatic carbocycles. The molecule has 0 amide bonds. The van der Waals surface area contributed by atoms with Crippen LogP contribution >= 0.6 is 28.4 Å². The highest BCUT2D eigenvalue weighted by molar-refractivity contribution is 9.10. The molecule has 1 unspecified atom stereocenters. The van der Waals surface area contributed by atoms with Crippen LogP contribution in [0.3, 0.4) is 0 Å². The summed E-state index contributed by atoms with van der Waals surface area (Å²) >= 11 is 2.83. The van der Waals surface area contributed by atoms with Crippen molar-refractivity contribution >= 4 is 45.8 Å². The fraction of sp³-hybridized carbons (Fsp3) is 0.333. The summed E-state index contributed by atoms with van der Waals surface area (Å²) in [6, 6.07) is 1.68. The zero-order valence-electron chi connectivity index (χ0n) is 9.35. The number of anilines is 2. The SMILES string of the molecule is COC(=O)C(CNc1cc(Br)cnc1N)OSF. The van der Waals surface area contributed by atoms with E-state index in [1.165, 1.54) is 13.3 Å². The predicted octanol–water partition coefficient (Wildman–Crippen LogP) is 1.93. The minimum absolute atomic E-state index is 0.00588. The van der Waals surface area contributed by atoms with Gasteiger partial charge in [-0.2, -0.15) is 0 Å². The van der Waals surface area contributed by atoms with Gasteiger partial charge < -0.3 is 15.8 Å². The van der Waals surface area contributed by atoms with E-state index >= 15 is 0 Å². The van der Waals surface area contributed by atoms with Crippen molar-refractivity contribution in [3.63, 3.8) is 0 Å². The van der Waals surface area contributed by atoms with E-state index in [2.05, 4.69) is 35.2 Å². The zero-order valence-corrected chi connectivity index (χ0v) is 11.8. The number of hydrogen-bond acceptors (Lipinski definition) is 7. The topological polar surface area (TPSA) is 86.5 Å². The number of nitrogens with zero attached hydrogens (tertiary/aromatic N) is 1. The molecule has 0 saturated heterocycles. The number of nitrogen functional groups attached to an aromatic ring is 1. The maximum absolute atomic E-state index is 12.0. The highest BCUT2D eigenvalue weighted by Crippen LogP contribution is 2.21. The summed E-state index contributed by atoms with van der Waals surface area (Å²) < 4.78 is 21.7. The molecule has 1 aromatic heterocycles. The van der Waals surface area contributed by atoms with Gasteiger partial charge in [-0.1, -0.05) is 0 Å². The maximum atomic E-state index is 12.0. The van der Waals surface area contributed by atoms with E-state index in [0.29, 0.717) is 5.69 Å². The molecule has 1 atom stereocenters. The lowest BCUT2D eigenvalue weighted by Gasteiger charge is -2.14. The van der Waals surface area contributed by atoms with Gasteiger partial charge >= 0.3 is 5.97 Å². The van der Waals surface area contributed by atoms with Crippen molar-refractivity contribution in [3.05, 3.63) is 16.7 Å². The number of nitrogens with two attached hydrogens (primary N) is 1. The fourth-order valence-corrected chi connectivity index (χ4v) is 1.69. The Morgan fingerprint density at radius 1 is 1.78 bits per heavy atom. The highest BCUT2D eigenvalue weighted by Gasteiger charge is 2.21. The van der Waals surface area contributed by atoms with Crippen LogP contribution in [-0.4, -0.2) is 30.7 Å². The first-order valence-corrected chi connectivity index (χ1v) is 6.18. The molecule has 0 aliphatic heterocycles. The molecule has 3 N–H and O–H groups in total. The average Bonchev–Trinajstić information content (AvgIpc) is 2.37. The van der Waals surface area contributed by atoms with Crippen molar-refractivity contribution in [2.24, 2.45) is 0 Å². The number of ether oxygens (including phenoxy) is 1. The fourth-order valence-electron chi connectivity index (χ4n) is 1.13. The highest BCUT2D eigenvalue weighted by atomic mass is 79.9. The number of nitrogens with one attached hydrogen (secondary N) is 1. The Balaban J connectivity index is 2.66.